The molecule has 1 rings (SSSR count). The number of hydrogen-bond donors (Lipinski definition) is 3. The number of ether oxygens (including phenoxy) is 2. The van der Waals surface area contributed by atoms with E-state index in [4.69, 9.17) is 19.7 Å². The van der Waals surface area contributed by atoms with E-state index in [-0.39, 0.29) is 0 Å². The molecule has 0 spiro atoms. The highest BCUT2D eigenvalue weighted by Gasteiger charge is 2.45. The van der Waals surface area contributed by atoms with Crippen LogP contribution in [0.25, 0.3) is 0 Å². The zero-order valence-corrected chi connectivity index (χ0v) is 7.04. The van der Waals surface area contributed by atoms with Crippen molar-refractivity contribution in [2.75, 3.05) is 7.11 Å². The summed E-state index contributed by atoms with van der Waals surface area (Å²) in [5, 5.41) is 27.7. The van der Waals surface area contributed by atoms with E-state index in [1.807, 2.05) is 0 Å². The van der Waals surface area contributed by atoms with Crippen molar-refractivity contribution in [2.45, 2.75) is 37.6 Å². The van der Waals surface area contributed by atoms with E-state index in [2.05, 4.69) is 0 Å². The highest BCUT2D eigenvalue weighted by atomic mass is 16.7. The normalized spacial score (nSPS) is 44.8. The predicted octanol–water partition coefficient (Wildman–Crippen LogP) is -1.54. The van der Waals surface area contributed by atoms with Crippen molar-refractivity contribution in [1.82, 2.24) is 0 Å². The number of hydrogen-bond acceptors (Lipinski definition) is 5. The SMILES string of the molecule is CO[C@H]1C(O)O[C@@H]([C@@H](C)O)[C@@H]1O. The Morgan fingerprint density at radius 2 is 2.00 bits per heavy atom. The van der Waals surface area contributed by atoms with Gasteiger partial charge in [-0.05, 0) is 6.92 Å². The van der Waals surface area contributed by atoms with Crippen LogP contribution >= 0.6 is 0 Å². The average molecular weight is 178 g/mol. The molecule has 5 heteroatoms. The molecule has 0 aliphatic carbocycles. The Balaban J connectivity index is 2.62. The van der Waals surface area contributed by atoms with Crippen LogP contribution in [0.5, 0.6) is 0 Å². The fraction of sp³-hybridized carbons (Fsp3) is 1.00. The number of rotatable bonds is 2. The first-order valence-corrected chi connectivity index (χ1v) is 3.80. The summed E-state index contributed by atoms with van der Waals surface area (Å²) in [5.41, 5.74) is 0. The fourth-order valence-electron chi connectivity index (χ4n) is 1.33. The minimum atomic E-state index is -1.16. The van der Waals surface area contributed by atoms with Gasteiger partial charge in [-0.2, -0.15) is 0 Å². The average Bonchev–Trinajstić information content (AvgIpc) is 2.27. The Hall–Kier alpha value is -0.200. The second kappa shape index (κ2) is 3.68. The molecule has 0 amide bonds. The van der Waals surface area contributed by atoms with Gasteiger partial charge in [0.05, 0.1) is 6.10 Å². The quantitative estimate of drug-likeness (QED) is 0.477. The van der Waals surface area contributed by atoms with Crippen LogP contribution in [0.2, 0.25) is 0 Å². The fourth-order valence-corrected chi connectivity index (χ4v) is 1.33. The van der Waals surface area contributed by atoms with Gasteiger partial charge >= 0.3 is 0 Å². The van der Waals surface area contributed by atoms with Gasteiger partial charge in [-0.15, -0.1) is 0 Å². The molecule has 0 aromatic rings. The summed E-state index contributed by atoms with van der Waals surface area (Å²) in [5.74, 6) is 0. The van der Waals surface area contributed by atoms with Gasteiger partial charge in [-0.3, -0.25) is 0 Å². The molecule has 0 aromatic heterocycles. The molecule has 1 aliphatic rings. The predicted molar refractivity (Wildman–Crippen MR) is 39.4 cm³/mol. The summed E-state index contributed by atoms with van der Waals surface area (Å²) in [7, 11) is 1.37. The largest absolute Gasteiger partial charge is 0.391 e. The van der Waals surface area contributed by atoms with Gasteiger partial charge in [-0.25, -0.2) is 0 Å². The van der Waals surface area contributed by atoms with E-state index in [9.17, 15) is 5.11 Å². The molecule has 12 heavy (non-hydrogen) atoms. The smallest absolute Gasteiger partial charge is 0.184 e. The Morgan fingerprint density at radius 1 is 1.42 bits per heavy atom. The van der Waals surface area contributed by atoms with Crippen molar-refractivity contribution in [2.24, 2.45) is 0 Å². The molecule has 0 saturated carbocycles. The maximum atomic E-state index is 9.42. The summed E-state index contributed by atoms with van der Waals surface area (Å²) in [6.07, 6.45) is -4.51. The van der Waals surface area contributed by atoms with Crippen LogP contribution < -0.4 is 0 Å². The van der Waals surface area contributed by atoms with Crippen LogP contribution in [0.15, 0.2) is 0 Å². The number of aliphatic hydroxyl groups is 3. The van der Waals surface area contributed by atoms with Gasteiger partial charge in [0.25, 0.3) is 0 Å². The number of methoxy groups -OCH3 is 1. The zero-order valence-electron chi connectivity index (χ0n) is 7.04. The molecule has 0 radical (unpaired) electrons. The molecule has 0 bridgehead atoms. The summed E-state index contributed by atoms with van der Waals surface area (Å²) >= 11 is 0. The van der Waals surface area contributed by atoms with E-state index in [1.54, 1.807) is 0 Å². The first-order chi connectivity index (χ1) is 5.57. The molecule has 5 atom stereocenters. The van der Waals surface area contributed by atoms with Crippen molar-refractivity contribution in [3.8, 4) is 0 Å². The first-order valence-electron chi connectivity index (χ1n) is 3.80. The first kappa shape index (κ1) is 9.88. The minimum Gasteiger partial charge on any atom is -0.391 e. The monoisotopic (exact) mass is 178 g/mol. The Bertz CT molecular complexity index is 149. The zero-order chi connectivity index (χ0) is 9.30. The van der Waals surface area contributed by atoms with Crippen LogP contribution in [0.4, 0.5) is 0 Å². The van der Waals surface area contributed by atoms with Crippen molar-refractivity contribution in [1.29, 1.82) is 0 Å². The van der Waals surface area contributed by atoms with Gasteiger partial charge in [0.15, 0.2) is 6.29 Å². The van der Waals surface area contributed by atoms with Crippen molar-refractivity contribution in [3.63, 3.8) is 0 Å². The maximum absolute atomic E-state index is 9.42. The third kappa shape index (κ3) is 1.60. The van der Waals surface area contributed by atoms with E-state index in [1.165, 1.54) is 14.0 Å². The van der Waals surface area contributed by atoms with E-state index in [0.717, 1.165) is 0 Å². The second-order valence-electron chi connectivity index (χ2n) is 2.92. The van der Waals surface area contributed by atoms with Crippen molar-refractivity contribution >= 4 is 0 Å². The van der Waals surface area contributed by atoms with Gasteiger partial charge in [0.1, 0.15) is 18.3 Å². The van der Waals surface area contributed by atoms with Gasteiger partial charge in [-0.1, -0.05) is 0 Å². The molecule has 72 valence electrons. The molecule has 1 aliphatic heterocycles. The lowest BCUT2D eigenvalue weighted by Gasteiger charge is -2.17. The molecule has 1 heterocycles. The van der Waals surface area contributed by atoms with Gasteiger partial charge < -0.3 is 24.8 Å². The molecule has 1 unspecified atom stereocenters. The van der Waals surface area contributed by atoms with Crippen molar-refractivity contribution < 1.29 is 24.8 Å². The molecule has 1 fully saturated rings. The lowest BCUT2D eigenvalue weighted by Crippen LogP contribution is -2.38. The summed E-state index contributed by atoms with van der Waals surface area (Å²) in [6.45, 7) is 1.48. The second-order valence-corrected chi connectivity index (χ2v) is 2.92. The third-order valence-corrected chi connectivity index (χ3v) is 2.00. The van der Waals surface area contributed by atoms with Crippen molar-refractivity contribution in [3.05, 3.63) is 0 Å². The minimum absolute atomic E-state index is 0.773. The molecule has 1 saturated heterocycles. The highest BCUT2D eigenvalue weighted by Crippen LogP contribution is 2.23. The van der Waals surface area contributed by atoms with Gasteiger partial charge in [0, 0.05) is 7.11 Å². The Kier molecular flexibility index (Phi) is 3.03. The lowest BCUT2D eigenvalue weighted by atomic mass is 10.1. The Labute approximate surface area is 70.5 Å². The summed E-state index contributed by atoms with van der Waals surface area (Å²) in [6, 6.07) is 0. The van der Waals surface area contributed by atoms with Crippen LogP contribution in [0.1, 0.15) is 6.92 Å². The molecule has 0 aromatic carbocycles. The van der Waals surface area contributed by atoms with Crippen LogP contribution in [0.3, 0.4) is 0 Å². The summed E-state index contributed by atoms with van der Waals surface area (Å²) < 4.78 is 9.65. The highest BCUT2D eigenvalue weighted by molar-refractivity contribution is 4.89. The third-order valence-electron chi connectivity index (χ3n) is 2.00. The van der Waals surface area contributed by atoms with E-state index in [0.29, 0.717) is 0 Å². The van der Waals surface area contributed by atoms with Gasteiger partial charge in [0.2, 0.25) is 0 Å². The topological polar surface area (TPSA) is 79.2 Å². The van der Waals surface area contributed by atoms with E-state index >= 15 is 0 Å². The maximum Gasteiger partial charge on any atom is 0.184 e. The van der Waals surface area contributed by atoms with Crippen LogP contribution in [-0.2, 0) is 9.47 Å². The Morgan fingerprint density at radius 3 is 2.25 bits per heavy atom. The molecule has 3 N–H and O–H groups in total. The van der Waals surface area contributed by atoms with Crippen LogP contribution in [0, 0.1) is 0 Å². The molecule has 5 nitrogen and oxygen atoms in total. The molecular formula is C7H14O5. The van der Waals surface area contributed by atoms with E-state index < -0.39 is 30.7 Å². The lowest BCUT2D eigenvalue weighted by molar-refractivity contribution is -0.148. The summed E-state index contributed by atoms with van der Waals surface area (Å²) in [4.78, 5) is 0. The van der Waals surface area contributed by atoms with Crippen LogP contribution in [-0.4, -0.2) is 53.1 Å². The number of aliphatic hydroxyl groups excluding tert-OH is 3. The standard InChI is InChI=1S/C7H14O5/c1-3(8)5-4(9)6(11-2)7(10)12-5/h3-10H,1-2H3/t3-,4+,5+,6-,7?/m1/s1. The molecular weight excluding hydrogens is 164 g/mol.